The van der Waals surface area contributed by atoms with Gasteiger partial charge in [-0.1, -0.05) is 6.92 Å². The first-order valence-electron chi connectivity index (χ1n) is 3.87. The van der Waals surface area contributed by atoms with Crippen molar-refractivity contribution < 1.29 is 9.84 Å². The summed E-state index contributed by atoms with van der Waals surface area (Å²) in [7, 11) is 0. The van der Waals surface area contributed by atoms with Crippen LogP contribution in [0.4, 0.5) is 0 Å². The third-order valence-corrected chi connectivity index (χ3v) is 1.65. The highest BCUT2D eigenvalue weighted by atomic mass is 16.5. The zero-order valence-corrected chi connectivity index (χ0v) is 7.18. The first-order chi connectivity index (χ1) is 4.62. The first kappa shape index (κ1) is 9.92. The average molecular weight is 146 g/mol. The van der Waals surface area contributed by atoms with Crippen LogP contribution in [0.1, 0.15) is 33.6 Å². The lowest BCUT2D eigenvalue weighted by molar-refractivity contribution is -0.0250. The number of hydrogen-bond acceptors (Lipinski definition) is 2. The Morgan fingerprint density at radius 3 is 2.40 bits per heavy atom. The quantitative estimate of drug-likeness (QED) is 0.597. The second-order valence-corrected chi connectivity index (χ2v) is 3.04. The van der Waals surface area contributed by atoms with Gasteiger partial charge in [0.2, 0.25) is 0 Å². The fraction of sp³-hybridized carbons (Fsp3) is 1.00. The zero-order valence-electron chi connectivity index (χ0n) is 7.18. The fourth-order valence-corrected chi connectivity index (χ4v) is 0.515. The van der Waals surface area contributed by atoms with Crippen molar-refractivity contribution in [2.75, 3.05) is 13.2 Å². The second-order valence-electron chi connectivity index (χ2n) is 3.04. The van der Waals surface area contributed by atoms with E-state index < -0.39 is 0 Å². The van der Waals surface area contributed by atoms with E-state index in [4.69, 9.17) is 9.84 Å². The predicted octanol–water partition coefficient (Wildman–Crippen LogP) is 1.57. The Balaban J connectivity index is 3.28. The Hall–Kier alpha value is -0.0800. The maximum Gasteiger partial charge on any atom is 0.0623 e. The van der Waals surface area contributed by atoms with E-state index in [9.17, 15) is 0 Å². The van der Waals surface area contributed by atoms with Crippen LogP contribution in [0, 0.1) is 0 Å². The van der Waals surface area contributed by atoms with Gasteiger partial charge in [0.25, 0.3) is 0 Å². The lowest BCUT2D eigenvalue weighted by Crippen LogP contribution is -2.23. The minimum atomic E-state index is -0.0187. The van der Waals surface area contributed by atoms with Crippen LogP contribution in [0.2, 0.25) is 0 Å². The van der Waals surface area contributed by atoms with Gasteiger partial charge in [-0.3, -0.25) is 0 Å². The number of hydrogen-bond donors (Lipinski definition) is 1. The highest BCUT2D eigenvalue weighted by Gasteiger charge is 2.13. The molecule has 0 aliphatic heterocycles. The topological polar surface area (TPSA) is 29.5 Å². The van der Waals surface area contributed by atoms with Crippen molar-refractivity contribution in [3.63, 3.8) is 0 Å². The molecular weight excluding hydrogens is 128 g/mol. The van der Waals surface area contributed by atoms with E-state index in [1.54, 1.807) is 0 Å². The summed E-state index contributed by atoms with van der Waals surface area (Å²) in [6, 6.07) is 0. The molecule has 0 spiro atoms. The molecule has 0 bridgehead atoms. The number of aliphatic hydroxyl groups excluding tert-OH is 1. The van der Waals surface area contributed by atoms with Crippen molar-refractivity contribution in [2.45, 2.75) is 39.2 Å². The average Bonchev–Trinajstić information content (AvgIpc) is 1.89. The van der Waals surface area contributed by atoms with Gasteiger partial charge in [-0.15, -0.1) is 0 Å². The van der Waals surface area contributed by atoms with Gasteiger partial charge in [0, 0.05) is 13.2 Å². The van der Waals surface area contributed by atoms with Gasteiger partial charge in [0.15, 0.2) is 0 Å². The van der Waals surface area contributed by atoms with Crippen LogP contribution in [0.15, 0.2) is 0 Å². The third kappa shape index (κ3) is 4.77. The molecule has 2 heteroatoms. The summed E-state index contributed by atoms with van der Waals surface area (Å²) < 4.78 is 5.46. The minimum absolute atomic E-state index is 0.0187. The summed E-state index contributed by atoms with van der Waals surface area (Å²) in [5.74, 6) is 0. The highest BCUT2D eigenvalue weighted by molar-refractivity contribution is 4.64. The summed E-state index contributed by atoms with van der Waals surface area (Å²) in [6.07, 6.45) is 1.75. The normalized spacial score (nSPS) is 12.0. The predicted molar refractivity (Wildman–Crippen MR) is 42.0 cm³/mol. The maximum absolute atomic E-state index is 8.46. The molecule has 0 saturated carbocycles. The van der Waals surface area contributed by atoms with E-state index in [1.165, 1.54) is 0 Å². The zero-order chi connectivity index (χ0) is 8.04. The monoisotopic (exact) mass is 146 g/mol. The molecular formula is C8H18O2. The van der Waals surface area contributed by atoms with Crippen LogP contribution in [0.3, 0.4) is 0 Å². The van der Waals surface area contributed by atoms with Crippen LogP contribution in [0.25, 0.3) is 0 Å². The fourth-order valence-electron chi connectivity index (χ4n) is 0.515. The second kappa shape index (κ2) is 4.69. The molecule has 0 radical (unpaired) electrons. The molecule has 0 aromatic heterocycles. The van der Waals surface area contributed by atoms with Crippen LogP contribution in [-0.2, 0) is 4.74 Å². The van der Waals surface area contributed by atoms with Gasteiger partial charge in [-0.2, -0.15) is 0 Å². The molecule has 0 saturated heterocycles. The summed E-state index contributed by atoms with van der Waals surface area (Å²) in [5, 5.41) is 8.46. The van der Waals surface area contributed by atoms with Crippen molar-refractivity contribution in [3.05, 3.63) is 0 Å². The number of rotatable bonds is 5. The first-order valence-corrected chi connectivity index (χ1v) is 3.87. The highest BCUT2D eigenvalue weighted by Crippen LogP contribution is 2.12. The van der Waals surface area contributed by atoms with Crippen molar-refractivity contribution >= 4 is 0 Å². The van der Waals surface area contributed by atoms with Crippen molar-refractivity contribution in [2.24, 2.45) is 0 Å². The molecule has 0 amide bonds. The summed E-state index contributed by atoms with van der Waals surface area (Å²) >= 11 is 0. The van der Waals surface area contributed by atoms with Gasteiger partial charge in [0.05, 0.1) is 5.60 Å². The smallest absolute Gasteiger partial charge is 0.0623 e. The van der Waals surface area contributed by atoms with E-state index in [0.717, 1.165) is 12.8 Å². The van der Waals surface area contributed by atoms with Crippen molar-refractivity contribution in [1.82, 2.24) is 0 Å². The van der Waals surface area contributed by atoms with Gasteiger partial charge < -0.3 is 9.84 Å². The molecule has 0 unspecified atom stereocenters. The van der Waals surface area contributed by atoms with Crippen molar-refractivity contribution in [1.29, 1.82) is 0 Å². The Bertz CT molecular complexity index is 79.3. The molecule has 0 atom stereocenters. The Morgan fingerprint density at radius 1 is 1.40 bits per heavy atom. The largest absolute Gasteiger partial charge is 0.396 e. The Kier molecular flexibility index (Phi) is 4.65. The SMILES string of the molecule is CCC(C)(C)OCCCO. The summed E-state index contributed by atoms with van der Waals surface area (Å²) in [4.78, 5) is 0. The summed E-state index contributed by atoms with van der Waals surface area (Å²) in [5.41, 5.74) is -0.0187. The minimum Gasteiger partial charge on any atom is -0.396 e. The molecule has 1 N–H and O–H groups in total. The Morgan fingerprint density at radius 2 is 2.00 bits per heavy atom. The molecule has 0 aromatic carbocycles. The molecule has 0 heterocycles. The van der Waals surface area contributed by atoms with Gasteiger partial charge in [-0.25, -0.2) is 0 Å². The van der Waals surface area contributed by atoms with E-state index in [-0.39, 0.29) is 12.2 Å². The molecule has 0 fully saturated rings. The maximum atomic E-state index is 8.46. The molecule has 0 rings (SSSR count). The van der Waals surface area contributed by atoms with E-state index in [0.29, 0.717) is 6.61 Å². The summed E-state index contributed by atoms with van der Waals surface area (Å²) in [6.45, 7) is 7.10. The van der Waals surface area contributed by atoms with E-state index in [1.807, 2.05) is 0 Å². The van der Waals surface area contributed by atoms with Gasteiger partial charge in [-0.05, 0) is 26.7 Å². The standard InChI is InChI=1S/C8H18O2/c1-4-8(2,3)10-7-5-6-9/h9H,4-7H2,1-3H3. The van der Waals surface area contributed by atoms with E-state index in [2.05, 4.69) is 20.8 Å². The molecule has 62 valence electrons. The van der Waals surface area contributed by atoms with Crippen LogP contribution in [-0.4, -0.2) is 23.9 Å². The van der Waals surface area contributed by atoms with Crippen LogP contribution < -0.4 is 0 Å². The molecule has 0 aliphatic carbocycles. The number of aliphatic hydroxyl groups is 1. The lowest BCUT2D eigenvalue weighted by atomic mass is 10.1. The van der Waals surface area contributed by atoms with E-state index >= 15 is 0 Å². The lowest BCUT2D eigenvalue weighted by Gasteiger charge is -2.22. The number of ether oxygens (including phenoxy) is 1. The van der Waals surface area contributed by atoms with Crippen LogP contribution >= 0.6 is 0 Å². The molecule has 0 aliphatic rings. The molecule has 0 aromatic rings. The molecule has 2 nitrogen and oxygen atoms in total. The third-order valence-electron chi connectivity index (χ3n) is 1.65. The van der Waals surface area contributed by atoms with Crippen molar-refractivity contribution in [3.8, 4) is 0 Å². The molecule has 10 heavy (non-hydrogen) atoms. The van der Waals surface area contributed by atoms with Gasteiger partial charge in [0.1, 0.15) is 0 Å². The Labute approximate surface area is 63.2 Å². The van der Waals surface area contributed by atoms with Gasteiger partial charge >= 0.3 is 0 Å². The van der Waals surface area contributed by atoms with Crippen LogP contribution in [0.5, 0.6) is 0 Å².